The van der Waals surface area contributed by atoms with Gasteiger partial charge in [0.1, 0.15) is 0 Å². The van der Waals surface area contributed by atoms with Crippen LogP contribution in [0.4, 0.5) is 5.13 Å². The molecule has 0 aliphatic heterocycles. The molecule has 0 saturated heterocycles. The van der Waals surface area contributed by atoms with E-state index in [2.05, 4.69) is 10.3 Å². The second-order valence-corrected chi connectivity index (χ2v) is 8.88. The predicted molar refractivity (Wildman–Crippen MR) is 90.3 cm³/mol. The molecule has 1 aromatic heterocycles. The Kier molecular flexibility index (Phi) is 4.25. The highest BCUT2D eigenvalue weighted by Gasteiger charge is 2.53. The topological polar surface area (TPSA) is 76.1 Å². The highest BCUT2D eigenvalue weighted by molar-refractivity contribution is 7.93. The van der Waals surface area contributed by atoms with Crippen molar-refractivity contribution < 1.29 is 13.2 Å². The van der Waals surface area contributed by atoms with Gasteiger partial charge in [-0.05, 0) is 31.9 Å². The molecule has 1 saturated carbocycles. The first kappa shape index (κ1) is 16.1. The van der Waals surface area contributed by atoms with Crippen LogP contribution in [-0.4, -0.2) is 24.1 Å². The van der Waals surface area contributed by atoms with Gasteiger partial charge in [-0.15, -0.1) is 11.3 Å². The second kappa shape index (κ2) is 6.05. The number of aryl methyl sites for hydroxylation is 1. The fourth-order valence-corrected chi connectivity index (χ4v) is 5.78. The number of anilines is 1. The number of hydrogen-bond acceptors (Lipinski definition) is 5. The third-order valence-electron chi connectivity index (χ3n) is 4.23. The lowest BCUT2D eigenvalue weighted by molar-refractivity contribution is -0.118. The summed E-state index contributed by atoms with van der Waals surface area (Å²) in [5.41, 5.74) is 0.802. The van der Waals surface area contributed by atoms with Crippen molar-refractivity contribution in [3.8, 4) is 0 Å². The van der Waals surface area contributed by atoms with Crippen LogP contribution in [-0.2, 0) is 14.6 Å². The van der Waals surface area contributed by atoms with Crippen molar-refractivity contribution in [3.63, 3.8) is 0 Å². The molecule has 0 atom stereocenters. The molecule has 1 N–H and O–H groups in total. The summed E-state index contributed by atoms with van der Waals surface area (Å²) in [7, 11) is -3.75. The van der Waals surface area contributed by atoms with E-state index in [4.69, 9.17) is 0 Å². The number of amides is 1. The summed E-state index contributed by atoms with van der Waals surface area (Å²) < 4.78 is 24.8. The lowest BCUT2D eigenvalue weighted by Gasteiger charge is -2.27. The average Bonchev–Trinajstić information content (AvgIpc) is 3.18. The van der Waals surface area contributed by atoms with E-state index < -0.39 is 20.5 Å². The van der Waals surface area contributed by atoms with Gasteiger partial charge in [0.25, 0.3) is 0 Å². The molecule has 3 rings (SSSR count). The maximum atomic E-state index is 13.1. The summed E-state index contributed by atoms with van der Waals surface area (Å²) in [6.45, 7) is 1.83. The Morgan fingerprint density at radius 1 is 1.22 bits per heavy atom. The molecule has 1 aliphatic rings. The fourth-order valence-electron chi connectivity index (χ4n) is 3.01. The number of benzene rings is 1. The number of nitrogens with one attached hydrogen (secondary N) is 1. The Bertz CT molecular complexity index is 807. The SMILES string of the molecule is Cc1csc(NC(=O)C2(S(=O)(=O)c3ccccc3)CCCC2)n1. The van der Waals surface area contributed by atoms with E-state index in [1.807, 2.05) is 12.3 Å². The van der Waals surface area contributed by atoms with Crippen LogP contribution in [0.25, 0.3) is 0 Å². The minimum atomic E-state index is -3.75. The Morgan fingerprint density at radius 2 is 1.87 bits per heavy atom. The Hall–Kier alpha value is -1.73. The highest BCUT2D eigenvalue weighted by atomic mass is 32.2. The normalized spacial score (nSPS) is 17.1. The van der Waals surface area contributed by atoms with Gasteiger partial charge >= 0.3 is 0 Å². The van der Waals surface area contributed by atoms with Gasteiger partial charge in [0, 0.05) is 5.38 Å². The quantitative estimate of drug-likeness (QED) is 0.919. The van der Waals surface area contributed by atoms with Gasteiger partial charge in [-0.1, -0.05) is 31.0 Å². The molecule has 0 bridgehead atoms. The molecular formula is C16H18N2O3S2. The molecule has 5 nitrogen and oxygen atoms in total. The number of nitrogens with zero attached hydrogens (tertiary/aromatic N) is 1. The molecule has 0 unspecified atom stereocenters. The predicted octanol–water partition coefficient (Wildman–Crippen LogP) is 3.18. The minimum absolute atomic E-state index is 0.201. The second-order valence-electron chi connectivity index (χ2n) is 5.77. The number of sulfone groups is 1. The van der Waals surface area contributed by atoms with Crippen LogP contribution < -0.4 is 5.32 Å². The molecule has 1 aromatic carbocycles. The van der Waals surface area contributed by atoms with Crippen molar-refractivity contribution in [1.82, 2.24) is 4.98 Å². The molecule has 1 heterocycles. The Balaban J connectivity index is 1.98. The molecule has 2 aromatic rings. The van der Waals surface area contributed by atoms with Crippen molar-refractivity contribution >= 4 is 32.2 Å². The van der Waals surface area contributed by atoms with E-state index in [1.54, 1.807) is 30.3 Å². The minimum Gasteiger partial charge on any atom is -0.301 e. The first-order chi connectivity index (χ1) is 11.0. The summed E-state index contributed by atoms with van der Waals surface area (Å²) in [6.07, 6.45) is 2.16. The van der Waals surface area contributed by atoms with Gasteiger partial charge < -0.3 is 5.32 Å². The fraction of sp³-hybridized carbons (Fsp3) is 0.375. The Labute approximate surface area is 139 Å². The van der Waals surface area contributed by atoms with Crippen LogP contribution in [0.1, 0.15) is 31.4 Å². The van der Waals surface area contributed by atoms with Gasteiger partial charge in [-0.2, -0.15) is 0 Å². The van der Waals surface area contributed by atoms with E-state index in [9.17, 15) is 13.2 Å². The highest BCUT2D eigenvalue weighted by Crippen LogP contribution is 2.41. The number of hydrogen-bond donors (Lipinski definition) is 1. The van der Waals surface area contributed by atoms with E-state index in [0.717, 1.165) is 18.5 Å². The average molecular weight is 350 g/mol. The lowest BCUT2D eigenvalue weighted by atomic mass is 10.1. The van der Waals surface area contributed by atoms with E-state index in [0.29, 0.717) is 18.0 Å². The van der Waals surface area contributed by atoms with Gasteiger partial charge in [0.2, 0.25) is 5.91 Å². The van der Waals surface area contributed by atoms with Crippen molar-refractivity contribution in [1.29, 1.82) is 0 Å². The summed E-state index contributed by atoms with van der Waals surface area (Å²) in [6, 6.07) is 8.22. The third kappa shape index (κ3) is 2.79. The van der Waals surface area contributed by atoms with Crippen LogP contribution in [0.2, 0.25) is 0 Å². The van der Waals surface area contributed by atoms with E-state index >= 15 is 0 Å². The zero-order valence-corrected chi connectivity index (χ0v) is 14.4. The van der Waals surface area contributed by atoms with Crippen molar-refractivity contribution in [2.24, 2.45) is 0 Å². The van der Waals surface area contributed by atoms with Gasteiger partial charge in [-0.25, -0.2) is 13.4 Å². The largest absolute Gasteiger partial charge is 0.301 e. The number of rotatable bonds is 4. The number of thiazole rings is 1. The maximum absolute atomic E-state index is 13.1. The molecule has 122 valence electrons. The van der Waals surface area contributed by atoms with Gasteiger partial charge in [0.05, 0.1) is 10.6 Å². The zero-order valence-electron chi connectivity index (χ0n) is 12.8. The molecule has 1 aliphatic carbocycles. The first-order valence-corrected chi connectivity index (χ1v) is 9.85. The van der Waals surface area contributed by atoms with Crippen molar-refractivity contribution in [2.75, 3.05) is 5.32 Å². The molecule has 0 spiro atoms. The van der Waals surface area contributed by atoms with Crippen LogP contribution in [0, 0.1) is 6.92 Å². The smallest absolute Gasteiger partial charge is 0.248 e. The van der Waals surface area contributed by atoms with E-state index in [-0.39, 0.29) is 4.90 Å². The van der Waals surface area contributed by atoms with Gasteiger partial charge in [0.15, 0.2) is 19.7 Å². The standard InChI is InChI=1S/C16H18N2O3S2/c1-12-11-22-15(17-12)18-14(19)16(9-5-6-10-16)23(20,21)13-7-3-2-4-8-13/h2-4,7-8,11H,5-6,9-10H2,1H3,(H,17,18,19). The number of carbonyl (C=O) groups excluding carboxylic acids is 1. The maximum Gasteiger partial charge on any atom is 0.248 e. The van der Waals surface area contributed by atoms with Crippen LogP contribution in [0.15, 0.2) is 40.6 Å². The summed E-state index contributed by atoms with van der Waals surface area (Å²) >= 11 is 1.30. The number of carbonyl (C=O) groups is 1. The Morgan fingerprint density at radius 3 is 2.43 bits per heavy atom. The molecule has 1 amide bonds. The first-order valence-electron chi connectivity index (χ1n) is 7.49. The van der Waals surface area contributed by atoms with E-state index in [1.165, 1.54) is 11.3 Å². The van der Waals surface area contributed by atoms with Gasteiger partial charge in [-0.3, -0.25) is 4.79 Å². The summed E-state index contributed by atoms with van der Waals surface area (Å²) in [5, 5.41) is 4.98. The molecule has 1 fully saturated rings. The summed E-state index contributed by atoms with van der Waals surface area (Å²) in [5.74, 6) is -0.465. The molecule has 7 heteroatoms. The molecule has 23 heavy (non-hydrogen) atoms. The summed E-state index contributed by atoms with van der Waals surface area (Å²) in [4.78, 5) is 17.2. The molecule has 0 radical (unpaired) electrons. The zero-order chi connectivity index (χ0) is 16.5. The van der Waals surface area contributed by atoms with Crippen LogP contribution in [0.5, 0.6) is 0 Å². The van der Waals surface area contributed by atoms with Crippen molar-refractivity contribution in [2.45, 2.75) is 42.2 Å². The van der Waals surface area contributed by atoms with Crippen LogP contribution >= 0.6 is 11.3 Å². The monoisotopic (exact) mass is 350 g/mol. The molecular weight excluding hydrogens is 332 g/mol. The lowest BCUT2D eigenvalue weighted by Crippen LogP contribution is -2.47. The number of aromatic nitrogens is 1. The van der Waals surface area contributed by atoms with Crippen molar-refractivity contribution in [3.05, 3.63) is 41.4 Å². The van der Waals surface area contributed by atoms with Crippen LogP contribution in [0.3, 0.4) is 0 Å². The third-order valence-corrected chi connectivity index (χ3v) is 7.62.